The maximum Gasteiger partial charge on any atom is 0.320 e. The lowest BCUT2D eigenvalue weighted by atomic mass is 9.97. The van der Waals surface area contributed by atoms with E-state index in [-0.39, 0.29) is 17.9 Å². The van der Waals surface area contributed by atoms with Gasteiger partial charge in [-0.25, -0.2) is 4.79 Å². The first-order valence-electron chi connectivity index (χ1n) is 12.0. The molecule has 8 heteroatoms. The van der Waals surface area contributed by atoms with Crippen molar-refractivity contribution in [2.24, 2.45) is 5.92 Å². The maximum absolute atomic E-state index is 13.1. The summed E-state index contributed by atoms with van der Waals surface area (Å²) in [6, 6.07) is 6.05. The minimum absolute atomic E-state index is 0.0269. The van der Waals surface area contributed by atoms with Crippen LogP contribution in [0, 0.1) is 5.92 Å². The number of benzene rings is 1. The number of piperidine rings is 1. The molecule has 1 aromatic rings. The van der Waals surface area contributed by atoms with Gasteiger partial charge < -0.3 is 29.7 Å². The molecule has 2 aliphatic rings. The molecule has 2 heterocycles. The Hall–Kier alpha value is -2.48. The lowest BCUT2D eigenvalue weighted by molar-refractivity contribution is -0.121. The number of hydrogen-bond donors (Lipinski definition) is 1. The molecule has 0 aromatic heterocycles. The fourth-order valence-electron chi connectivity index (χ4n) is 4.44. The number of nitrogens with zero attached hydrogens (tertiary/aromatic N) is 4. The van der Waals surface area contributed by atoms with Crippen LogP contribution in [0.25, 0.3) is 0 Å². The van der Waals surface area contributed by atoms with E-state index in [0.717, 1.165) is 44.7 Å². The van der Waals surface area contributed by atoms with Crippen molar-refractivity contribution >= 4 is 23.3 Å². The van der Waals surface area contributed by atoms with Gasteiger partial charge in [0.15, 0.2) is 0 Å². The lowest BCUT2D eigenvalue weighted by Crippen LogP contribution is -2.49. The number of carbonyl (C=O) groups is 2. The van der Waals surface area contributed by atoms with Crippen LogP contribution in [0.3, 0.4) is 0 Å². The number of likely N-dealkylation sites (tertiary alicyclic amines) is 1. The van der Waals surface area contributed by atoms with E-state index in [4.69, 9.17) is 4.74 Å². The quantitative estimate of drug-likeness (QED) is 0.699. The van der Waals surface area contributed by atoms with Gasteiger partial charge in [-0.3, -0.25) is 4.79 Å². The number of likely N-dealkylation sites (N-methyl/N-ethyl adjacent to an activating group) is 1. The van der Waals surface area contributed by atoms with E-state index in [2.05, 4.69) is 28.2 Å². The van der Waals surface area contributed by atoms with Gasteiger partial charge in [-0.15, -0.1) is 0 Å². The second kappa shape index (κ2) is 11.4. The molecule has 178 valence electrons. The summed E-state index contributed by atoms with van der Waals surface area (Å²) in [5.41, 5.74) is 1.81. The van der Waals surface area contributed by atoms with E-state index in [9.17, 15) is 9.59 Å². The van der Waals surface area contributed by atoms with Crippen LogP contribution < -0.4 is 15.0 Å². The van der Waals surface area contributed by atoms with Crippen LogP contribution in [0.15, 0.2) is 18.2 Å². The second-order valence-electron chi connectivity index (χ2n) is 8.63. The van der Waals surface area contributed by atoms with Gasteiger partial charge in [0, 0.05) is 64.1 Å². The van der Waals surface area contributed by atoms with Crippen LogP contribution in [-0.2, 0) is 4.79 Å². The van der Waals surface area contributed by atoms with E-state index in [1.165, 1.54) is 0 Å². The fourth-order valence-corrected chi connectivity index (χ4v) is 4.44. The molecule has 0 bridgehead atoms. The summed E-state index contributed by atoms with van der Waals surface area (Å²) in [5, 5.41) is 3.08. The van der Waals surface area contributed by atoms with Gasteiger partial charge in [-0.1, -0.05) is 0 Å². The number of carbonyl (C=O) groups excluding carboxylic acids is 2. The van der Waals surface area contributed by atoms with Crippen LogP contribution >= 0.6 is 0 Å². The molecular weight excluding hydrogens is 406 g/mol. The minimum atomic E-state index is -0.213. The third-order valence-electron chi connectivity index (χ3n) is 6.49. The van der Waals surface area contributed by atoms with Crippen molar-refractivity contribution in [3.05, 3.63) is 18.2 Å². The topological polar surface area (TPSA) is 68.4 Å². The van der Waals surface area contributed by atoms with Gasteiger partial charge in [0.1, 0.15) is 5.75 Å². The van der Waals surface area contributed by atoms with Crippen molar-refractivity contribution in [1.82, 2.24) is 14.7 Å². The number of amides is 3. The monoisotopic (exact) mass is 445 g/mol. The zero-order valence-electron chi connectivity index (χ0n) is 20.1. The van der Waals surface area contributed by atoms with Crippen molar-refractivity contribution in [1.29, 1.82) is 0 Å². The highest BCUT2D eigenvalue weighted by molar-refractivity contribution is 5.95. The number of rotatable bonds is 7. The van der Waals surface area contributed by atoms with Gasteiger partial charge in [-0.05, 0) is 52.8 Å². The van der Waals surface area contributed by atoms with Gasteiger partial charge in [-0.2, -0.15) is 0 Å². The molecule has 0 aliphatic carbocycles. The molecule has 32 heavy (non-hydrogen) atoms. The van der Waals surface area contributed by atoms with E-state index in [1.807, 2.05) is 42.7 Å². The Bertz CT molecular complexity index is 775. The smallest absolute Gasteiger partial charge is 0.320 e. The van der Waals surface area contributed by atoms with Crippen LogP contribution in [0.4, 0.5) is 16.2 Å². The SMILES string of the molecule is CCOc1cc(N2CCN(C)CC2)ccc1NC(=O)C1CCCN(C(=O)N(CC)CC)C1. The average Bonchev–Trinajstić information content (AvgIpc) is 2.81. The summed E-state index contributed by atoms with van der Waals surface area (Å²) in [7, 11) is 2.14. The molecule has 0 radical (unpaired) electrons. The molecule has 1 unspecified atom stereocenters. The maximum atomic E-state index is 13.1. The third kappa shape index (κ3) is 5.85. The molecule has 2 aliphatic heterocycles. The Kier molecular flexibility index (Phi) is 8.61. The molecule has 1 atom stereocenters. The molecule has 3 rings (SSSR count). The van der Waals surface area contributed by atoms with Crippen LogP contribution in [-0.4, -0.2) is 92.7 Å². The van der Waals surface area contributed by atoms with Gasteiger partial charge in [0.2, 0.25) is 5.91 Å². The molecule has 1 aromatic carbocycles. The van der Waals surface area contributed by atoms with Gasteiger partial charge >= 0.3 is 6.03 Å². The van der Waals surface area contributed by atoms with Crippen molar-refractivity contribution in [2.45, 2.75) is 33.6 Å². The van der Waals surface area contributed by atoms with Crippen molar-refractivity contribution < 1.29 is 14.3 Å². The zero-order chi connectivity index (χ0) is 23.1. The van der Waals surface area contributed by atoms with E-state index in [0.29, 0.717) is 44.2 Å². The number of urea groups is 1. The second-order valence-corrected chi connectivity index (χ2v) is 8.63. The van der Waals surface area contributed by atoms with E-state index in [1.54, 1.807) is 0 Å². The van der Waals surface area contributed by atoms with Crippen LogP contribution in [0.1, 0.15) is 33.6 Å². The van der Waals surface area contributed by atoms with E-state index >= 15 is 0 Å². The standard InChI is InChI=1S/C24H39N5O3/c1-5-27(6-2)24(31)29-12-8-9-19(18-29)23(30)25-21-11-10-20(17-22(21)32-7-3)28-15-13-26(4)14-16-28/h10-11,17,19H,5-9,12-16,18H2,1-4H3,(H,25,30). The Morgan fingerprint density at radius 1 is 1.09 bits per heavy atom. The molecule has 2 fully saturated rings. The minimum Gasteiger partial charge on any atom is -0.492 e. The molecule has 3 amide bonds. The zero-order valence-corrected chi connectivity index (χ0v) is 20.1. The molecule has 1 N–H and O–H groups in total. The van der Waals surface area contributed by atoms with Crippen LogP contribution in [0.5, 0.6) is 5.75 Å². The third-order valence-corrected chi connectivity index (χ3v) is 6.49. The first-order valence-corrected chi connectivity index (χ1v) is 12.0. The number of anilines is 2. The number of ether oxygens (including phenoxy) is 1. The molecule has 2 saturated heterocycles. The fraction of sp³-hybridized carbons (Fsp3) is 0.667. The Labute approximate surface area is 192 Å². The summed E-state index contributed by atoms with van der Waals surface area (Å²) < 4.78 is 5.87. The summed E-state index contributed by atoms with van der Waals surface area (Å²) >= 11 is 0. The number of hydrogen-bond acceptors (Lipinski definition) is 5. The van der Waals surface area contributed by atoms with Crippen molar-refractivity contribution in [3.63, 3.8) is 0 Å². The Morgan fingerprint density at radius 3 is 2.47 bits per heavy atom. The highest BCUT2D eigenvalue weighted by Crippen LogP contribution is 2.31. The van der Waals surface area contributed by atoms with Gasteiger partial charge in [0.05, 0.1) is 18.2 Å². The highest BCUT2D eigenvalue weighted by Gasteiger charge is 2.30. The molecule has 0 saturated carbocycles. The normalized spacial score (nSPS) is 19.6. The first-order chi connectivity index (χ1) is 15.5. The van der Waals surface area contributed by atoms with Crippen molar-refractivity contribution in [2.75, 3.05) is 76.2 Å². The summed E-state index contributed by atoms with van der Waals surface area (Å²) in [4.78, 5) is 34.1. The Morgan fingerprint density at radius 2 is 1.81 bits per heavy atom. The first kappa shape index (κ1) is 24.2. The van der Waals surface area contributed by atoms with Crippen LogP contribution in [0.2, 0.25) is 0 Å². The average molecular weight is 446 g/mol. The molecular formula is C24H39N5O3. The summed E-state index contributed by atoms with van der Waals surface area (Å²) in [6.07, 6.45) is 1.63. The van der Waals surface area contributed by atoms with Crippen molar-refractivity contribution in [3.8, 4) is 5.75 Å². The number of nitrogens with one attached hydrogen (secondary N) is 1. The Balaban J connectivity index is 1.67. The summed E-state index contributed by atoms with van der Waals surface area (Å²) in [5.74, 6) is 0.439. The molecule has 8 nitrogen and oxygen atoms in total. The van der Waals surface area contributed by atoms with Gasteiger partial charge in [0.25, 0.3) is 0 Å². The number of piperazine rings is 1. The predicted molar refractivity (Wildman–Crippen MR) is 129 cm³/mol. The largest absolute Gasteiger partial charge is 0.492 e. The predicted octanol–water partition coefficient (Wildman–Crippen LogP) is 2.95. The van der Waals surface area contributed by atoms with E-state index < -0.39 is 0 Å². The summed E-state index contributed by atoms with van der Waals surface area (Å²) in [6.45, 7) is 13.0. The highest BCUT2D eigenvalue weighted by atomic mass is 16.5. The lowest BCUT2D eigenvalue weighted by Gasteiger charge is -2.35. The molecule has 0 spiro atoms.